The fraction of sp³-hybridized carbons (Fsp3) is 0.571. The molecular formula is C14H19N5O. The molecule has 106 valence electrons. The molecule has 0 radical (unpaired) electrons. The largest absolute Gasteiger partial charge is 0.376 e. The van der Waals surface area contributed by atoms with E-state index in [1.54, 1.807) is 0 Å². The Morgan fingerprint density at radius 2 is 2.45 bits per heavy atom. The SMILES string of the molecule is c1cn(C[C@H]2CCCO2)c(-c2cc3n(n2)CCNC3)n1. The lowest BCUT2D eigenvalue weighted by atomic mass is 10.2. The molecule has 2 aromatic heterocycles. The van der Waals surface area contributed by atoms with Crippen LogP contribution in [0.2, 0.25) is 0 Å². The zero-order valence-electron chi connectivity index (χ0n) is 11.5. The third-order valence-corrected chi connectivity index (χ3v) is 4.04. The Balaban J connectivity index is 1.61. The summed E-state index contributed by atoms with van der Waals surface area (Å²) in [5.41, 5.74) is 2.20. The van der Waals surface area contributed by atoms with Gasteiger partial charge in [0.2, 0.25) is 0 Å². The van der Waals surface area contributed by atoms with Crippen LogP contribution in [0, 0.1) is 0 Å². The molecule has 0 aliphatic carbocycles. The van der Waals surface area contributed by atoms with Crippen LogP contribution in [0.25, 0.3) is 11.5 Å². The number of hydrogen-bond donors (Lipinski definition) is 1. The Hall–Kier alpha value is -1.66. The molecule has 1 saturated heterocycles. The van der Waals surface area contributed by atoms with Crippen LogP contribution in [0.3, 0.4) is 0 Å². The molecule has 0 amide bonds. The summed E-state index contributed by atoms with van der Waals surface area (Å²) in [6.07, 6.45) is 6.50. The molecule has 0 unspecified atom stereocenters. The van der Waals surface area contributed by atoms with Crippen molar-refractivity contribution in [1.82, 2.24) is 24.6 Å². The van der Waals surface area contributed by atoms with Crippen LogP contribution in [0.5, 0.6) is 0 Å². The van der Waals surface area contributed by atoms with E-state index in [1.165, 1.54) is 12.1 Å². The van der Waals surface area contributed by atoms with Crippen molar-refractivity contribution in [3.8, 4) is 11.5 Å². The number of ether oxygens (including phenoxy) is 1. The maximum absolute atomic E-state index is 5.71. The first kappa shape index (κ1) is 12.1. The summed E-state index contributed by atoms with van der Waals surface area (Å²) in [6.45, 7) is 4.56. The quantitative estimate of drug-likeness (QED) is 0.907. The molecule has 6 nitrogen and oxygen atoms in total. The normalized spacial score (nSPS) is 22.1. The van der Waals surface area contributed by atoms with Gasteiger partial charge in [-0.05, 0) is 18.9 Å². The predicted molar refractivity (Wildman–Crippen MR) is 74.1 cm³/mol. The van der Waals surface area contributed by atoms with Gasteiger partial charge >= 0.3 is 0 Å². The molecule has 2 aromatic rings. The van der Waals surface area contributed by atoms with E-state index in [1.807, 2.05) is 12.4 Å². The van der Waals surface area contributed by atoms with Crippen LogP contribution in [-0.4, -0.2) is 38.6 Å². The fourth-order valence-corrected chi connectivity index (χ4v) is 3.00. The Morgan fingerprint density at radius 3 is 3.30 bits per heavy atom. The Morgan fingerprint density at radius 1 is 1.45 bits per heavy atom. The maximum Gasteiger partial charge on any atom is 0.160 e. The van der Waals surface area contributed by atoms with Crippen molar-refractivity contribution in [2.45, 2.75) is 38.6 Å². The van der Waals surface area contributed by atoms with Crippen molar-refractivity contribution in [2.75, 3.05) is 13.2 Å². The van der Waals surface area contributed by atoms with Gasteiger partial charge in [-0.3, -0.25) is 4.68 Å². The van der Waals surface area contributed by atoms with Crippen LogP contribution >= 0.6 is 0 Å². The third kappa shape index (κ3) is 2.14. The van der Waals surface area contributed by atoms with Gasteiger partial charge in [0.15, 0.2) is 5.82 Å². The summed E-state index contributed by atoms with van der Waals surface area (Å²) in [6, 6.07) is 2.14. The van der Waals surface area contributed by atoms with Gasteiger partial charge in [-0.15, -0.1) is 0 Å². The number of nitrogens with one attached hydrogen (secondary N) is 1. The van der Waals surface area contributed by atoms with Crippen molar-refractivity contribution < 1.29 is 4.74 Å². The topological polar surface area (TPSA) is 56.9 Å². The van der Waals surface area contributed by atoms with Gasteiger partial charge in [-0.2, -0.15) is 5.10 Å². The van der Waals surface area contributed by atoms with Crippen molar-refractivity contribution in [1.29, 1.82) is 0 Å². The van der Waals surface area contributed by atoms with Gasteiger partial charge in [0.1, 0.15) is 5.69 Å². The van der Waals surface area contributed by atoms with E-state index in [0.717, 1.165) is 50.7 Å². The van der Waals surface area contributed by atoms with E-state index in [-0.39, 0.29) is 0 Å². The summed E-state index contributed by atoms with van der Waals surface area (Å²) >= 11 is 0. The lowest BCUT2D eigenvalue weighted by Crippen LogP contribution is -2.28. The van der Waals surface area contributed by atoms with E-state index in [4.69, 9.17) is 4.74 Å². The highest BCUT2D eigenvalue weighted by atomic mass is 16.5. The van der Waals surface area contributed by atoms with E-state index in [2.05, 4.69) is 30.7 Å². The van der Waals surface area contributed by atoms with Crippen LogP contribution in [0.4, 0.5) is 0 Å². The van der Waals surface area contributed by atoms with Gasteiger partial charge in [-0.25, -0.2) is 4.98 Å². The zero-order valence-corrected chi connectivity index (χ0v) is 11.5. The summed E-state index contributed by atoms with van der Waals surface area (Å²) in [7, 11) is 0. The summed E-state index contributed by atoms with van der Waals surface area (Å²) in [5, 5.41) is 8.05. The van der Waals surface area contributed by atoms with Crippen molar-refractivity contribution >= 4 is 0 Å². The van der Waals surface area contributed by atoms with E-state index in [9.17, 15) is 0 Å². The average molecular weight is 273 g/mol. The number of aromatic nitrogens is 4. The second-order valence-corrected chi connectivity index (χ2v) is 5.46. The van der Waals surface area contributed by atoms with E-state index >= 15 is 0 Å². The third-order valence-electron chi connectivity index (χ3n) is 4.04. The van der Waals surface area contributed by atoms with E-state index in [0.29, 0.717) is 6.10 Å². The molecule has 1 fully saturated rings. The highest BCUT2D eigenvalue weighted by Crippen LogP contribution is 2.21. The molecule has 6 heteroatoms. The first-order chi connectivity index (χ1) is 9.90. The molecule has 2 aliphatic heterocycles. The number of imidazole rings is 1. The monoisotopic (exact) mass is 273 g/mol. The molecule has 1 N–H and O–H groups in total. The predicted octanol–water partition coefficient (Wildman–Crippen LogP) is 1.03. The number of rotatable bonds is 3. The van der Waals surface area contributed by atoms with Crippen LogP contribution in [0.15, 0.2) is 18.5 Å². The zero-order chi connectivity index (χ0) is 13.4. The summed E-state index contributed by atoms with van der Waals surface area (Å²) in [4.78, 5) is 4.48. The van der Waals surface area contributed by atoms with Crippen LogP contribution < -0.4 is 5.32 Å². The second kappa shape index (κ2) is 5.03. The molecule has 2 aliphatic rings. The lowest BCUT2D eigenvalue weighted by molar-refractivity contribution is 0.0973. The molecule has 0 saturated carbocycles. The average Bonchev–Trinajstić information content (AvgIpc) is 3.18. The Labute approximate surface area is 117 Å². The lowest BCUT2D eigenvalue weighted by Gasteiger charge is -2.13. The molecule has 4 heterocycles. The van der Waals surface area contributed by atoms with Gasteiger partial charge < -0.3 is 14.6 Å². The smallest absolute Gasteiger partial charge is 0.160 e. The number of nitrogens with zero attached hydrogens (tertiary/aromatic N) is 4. The molecule has 20 heavy (non-hydrogen) atoms. The van der Waals surface area contributed by atoms with Crippen molar-refractivity contribution in [3.63, 3.8) is 0 Å². The first-order valence-electron chi connectivity index (χ1n) is 7.31. The Kier molecular flexibility index (Phi) is 3.05. The molecule has 4 rings (SSSR count). The van der Waals surface area contributed by atoms with Crippen molar-refractivity contribution in [3.05, 3.63) is 24.2 Å². The minimum absolute atomic E-state index is 0.321. The maximum atomic E-state index is 5.71. The minimum atomic E-state index is 0.321. The minimum Gasteiger partial charge on any atom is -0.376 e. The number of hydrogen-bond acceptors (Lipinski definition) is 4. The van der Waals surface area contributed by atoms with Gasteiger partial charge in [-0.1, -0.05) is 0 Å². The molecule has 0 bridgehead atoms. The summed E-state index contributed by atoms with van der Waals surface area (Å²) in [5.74, 6) is 0.947. The van der Waals surface area contributed by atoms with Gasteiger partial charge in [0.25, 0.3) is 0 Å². The first-order valence-corrected chi connectivity index (χ1v) is 7.31. The van der Waals surface area contributed by atoms with Crippen LogP contribution in [-0.2, 0) is 24.4 Å². The van der Waals surface area contributed by atoms with E-state index < -0.39 is 0 Å². The van der Waals surface area contributed by atoms with Gasteiger partial charge in [0, 0.05) is 32.1 Å². The second-order valence-electron chi connectivity index (χ2n) is 5.46. The standard InChI is InChI=1S/C14H19N5O/c1-2-12(20-7-1)10-18-5-4-16-14(18)13-8-11-9-15-3-6-19(11)17-13/h4-5,8,12,15H,1-3,6-7,9-10H2/t12-/m1/s1. The molecule has 1 atom stereocenters. The number of fused-ring (bicyclic) bond motifs is 1. The molecular weight excluding hydrogens is 254 g/mol. The molecule has 0 spiro atoms. The Bertz CT molecular complexity index is 573. The highest BCUT2D eigenvalue weighted by molar-refractivity contribution is 5.50. The molecule has 0 aromatic carbocycles. The summed E-state index contributed by atoms with van der Waals surface area (Å²) < 4.78 is 9.96. The van der Waals surface area contributed by atoms with Crippen LogP contribution in [0.1, 0.15) is 18.5 Å². The van der Waals surface area contributed by atoms with Gasteiger partial charge in [0.05, 0.1) is 24.9 Å². The van der Waals surface area contributed by atoms with Crippen molar-refractivity contribution in [2.24, 2.45) is 0 Å². The highest BCUT2D eigenvalue weighted by Gasteiger charge is 2.20. The fourth-order valence-electron chi connectivity index (χ4n) is 3.00.